The number of anilines is 2. The van der Waals surface area contributed by atoms with Crippen molar-refractivity contribution in [2.24, 2.45) is 0 Å². The summed E-state index contributed by atoms with van der Waals surface area (Å²) in [6.07, 6.45) is 2.54. The smallest absolute Gasteiger partial charge is 0.157 e. The molecule has 0 aliphatic rings. The van der Waals surface area contributed by atoms with Gasteiger partial charge in [-0.1, -0.05) is 24.3 Å². The Kier molecular flexibility index (Phi) is 4.37. The molecule has 0 spiro atoms. The highest BCUT2D eigenvalue weighted by atomic mass is 15.1. The van der Waals surface area contributed by atoms with Crippen LogP contribution in [0.15, 0.2) is 55.1 Å². The van der Waals surface area contributed by atoms with Crippen molar-refractivity contribution in [1.82, 2.24) is 9.38 Å². The highest BCUT2D eigenvalue weighted by Gasteiger charge is 2.20. The summed E-state index contributed by atoms with van der Waals surface area (Å²) in [6.45, 7) is 10.1. The van der Waals surface area contributed by atoms with Gasteiger partial charge in [0.05, 0.1) is 16.6 Å². The second-order valence-electron chi connectivity index (χ2n) is 7.19. The van der Waals surface area contributed by atoms with E-state index in [0.717, 1.165) is 33.7 Å². The van der Waals surface area contributed by atoms with Crippen molar-refractivity contribution in [3.05, 3.63) is 82.9 Å². The highest BCUT2D eigenvalue weighted by Crippen LogP contribution is 2.33. The van der Waals surface area contributed by atoms with Crippen LogP contribution in [0.4, 0.5) is 11.5 Å². The van der Waals surface area contributed by atoms with Gasteiger partial charge in [0.1, 0.15) is 11.9 Å². The zero-order chi connectivity index (χ0) is 19.8. The van der Waals surface area contributed by atoms with E-state index in [2.05, 4.69) is 54.4 Å². The fourth-order valence-corrected chi connectivity index (χ4v) is 3.89. The van der Waals surface area contributed by atoms with Gasteiger partial charge in [0, 0.05) is 11.3 Å². The fourth-order valence-electron chi connectivity index (χ4n) is 3.89. The summed E-state index contributed by atoms with van der Waals surface area (Å²) < 4.78 is 2.07. The quantitative estimate of drug-likeness (QED) is 0.467. The van der Waals surface area contributed by atoms with Crippen LogP contribution in [-0.4, -0.2) is 9.38 Å². The Bertz CT molecular complexity index is 1250. The van der Waals surface area contributed by atoms with Crippen LogP contribution in [0.3, 0.4) is 0 Å². The summed E-state index contributed by atoms with van der Waals surface area (Å²) in [6, 6.07) is 16.8. The van der Waals surface area contributed by atoms with Crippen LogP contribution in [0.5, 0.6) is 0 Å². The molecule has 0 saturated heterocycles. The predicted molar refractivity (Wildman–Crippen MR) is 115 cm³/mol. The number of imidazole rings is 1. The maximum absolute atomic E-state index is 9.84. The van der Waals surface area contributed by atoms with E-state index in [-0.39, 0.29) is 0 Å². The number of benzene rings is 2. The van der Waals surface area contributed by atoms with E-state index >= 15 is 0 Å². The van der Waals surface area contributed by atoms with E-state index in [4.69, 9.17) is 4.98 Å². The molecule has 0 aliphatic carbocycles. The molecule has 28 heavy (non-hydrogen) atoms. The third-order valence-electron chi connectivity index (χ3n) is 5.07. The number of aryl methyl sites for hydroxylation is 2. The number of pyridine rings is 1. The number of hydrogen-bond acceptors (Lipinski definition) is 3. The number of hydrogen-bond donors (Lipinski definition) is 1. The highest BCUT2D eigenvalue weighted by molar-refractivity contribution is 5.87. The SMILES string of the molecule is C=CCc1c(C)c(C#N)c2nc3ccccc3n2c1Nc1cc(C)cc(C)c1. The Morgan fingerprint density at radius 3 is 2.54 bits per heavy atom. The molecule has 2 heterocycles. The Labute approximate surface area is 164 Å². The molecule has 0 aliphatic heterocycles. The number of nitrogens with zero attached hydrogens (tertiary/aromatic N) is 3. The van der Waals surface area contributed by atoms with Crippen LogP contribution in [0.1, 0.15) is 27.8 Å². The van der Waals surface area contributed by atoms with Crippen LogP contribution >= 0.6 is 0 Å². The average Bonchev–Trinajstić information content (AvgIpc) is 3.03. The molecule has 0 fully saturated rings. The Morgan fingerprint density at radius 1 is 1.14 bits per heavy atom. The summed E-state index contributed by atoms with van der Waals surface area (Å²) in [5, 5.41) is 13.5. The van der Waals surface area contributed by atoms with Gasteiger partial charge < -0.3 is 5.32 Å². The van der Waals surface area contributed by atoms with Gasteiger partial charge in [0.15, 0.2) is 5.65 Å². The minimum absolute atomic E-state index is 0.610. The first-order chi connectivity index (χ1) is 13.5. The van der Waals surface area contributed by atoms with Crippen molar-refractivity contribution >= 4 is 28.2 Å². The molecule has 4 rings (SSSR count). The summed E-state index contributed by atoms with van der Waals surface area (Å²) >= 11 is 0. The maximum Gasteiger partial charge on any atom is 0.157 e. The number of aromatic nitrogens is 2. The second-order valence-corrected chi connectivity index (χ2v) is 7.19. The molecular formula is C24H22N4. The monoisotopic (exact) mass is 366 g/mol. The van der Waals surface area contributed by atoms with E-state index < -0.39 is 0 Å². The number of para-hydroxylation sites is 2. The summed E-state index contributed by atoms with van der Waals surface area (Å²) in [5.74, 6) is 0.935. The largest absolute Gasteiger partial charge is 0.341 e. The van der Waals surface area contributed by atoms with E-state index in [1.807, 2.05) is 37.3 Å². The van der Waals surface area contributed by atoms with E-state index in [9.17, 15) is 5.26 Å². The van der Waals surface area contributed by atoms with Crippen LogP contribution in [0, 0.1) is 32.1 Å². The lowest BCUT2D eigenvalue weighted by Crippen LogP contribution is -2.08. The predicted octanol–water partition coefficient (Wildman–Crippen LogP) is 5.76. The molecule has 0 bridgehead atoms. The molecule has 0 saturated carbocycles. The first-order valence-corrected chi connectivity index (χ1v) is 9.32. The molecule has 2 aromatic heterocycles. The first kappa shape index (κ1) is 17.8. The number of fused-ring (bicyclic) bond motifs is 3. The van der Waals surface area contributed by atoms with Crippen LogP contribution in [0.2, 0.25) is 0 Å². The normalized spacial score (nSPS) is 10.9. The Balaban J connectivity index is 2.11. The molecule has 4 heteroatoms. The van der Waals surface area contributed by atoms with E-state index in [1.165, 1.54) is 11.1 Å². The number of nitrogens with one attached hydrogen (secondary N) is 1. The zero-order valence-electron chi connectivity index (χ0n) is 16.4. The fraction of sp³-hybridized carbons (Fsp3) is 0.167. The minimum atomic E-state index is 0.610. The molecule has 138 valence electrons. The van der Waals surface area contributed by atoms with E-state index in [1.54, 1.807) is 0 Å². The van der Waals surface area contributed by atoms with Gasteiger partial charge in [0.25, 0.3) is 0 Å². The van der Waals surface area contributed by atoms with Crippen molar-refractivity contribution < 1.29 is 0 Å². The maximum atomic E-state index is 9.84. The topological polar surface area (TPSA) is 53.1 Å². The van der Waals surface area contributed by atoms with E-state index in [0.29, 0.717) is 17.6 Å². The van der Waals surface area contributed by atoms with Crippen molar-refractivity contribution in [2.45, 2.75) is 27.2 Å². The van der Waals surface area contributed by atoms with Crippen LogP contribution < -0.4 is 5.32 Å². The van der Waals surface area contributed by atoms with Gasteiger partial charge in [-0.2, -0.15) is 5.26 Å². The molecule has 2 aromatic carbocycles. The van der Waals surface area contributed by atoms with Crippen molar-refractivity contribution in [1.29, 1.82) is 5.26 Å². The third-order valence-corrected chi connectivity index (χ3v) is 5.07. The molecule has 4 aromatic rings. The van der Waals surface area contributed by atoms with Gasteiger partial charge in [-0.25, -0.2) is 4.98 Å². The molecule has 4 nitrogen and oxygen atoms in total. The van der Waals surface area contributed by atoms with Crippen molar-refractivity contribution in [2.75, 3.05) is 5.32 Å². The van der Waals surface area contributed by atoms with Crippen molar-refractivity contribution in [3.63, 3.8) is 0 Å². The zero-order valence-corrected chi connectivity index (χ0v) is 16.4. The van der Waals surface area contributed by atoms with Gasteiger partial charge in [-0.15, -0.1) is 6.58 Å². The molecule has 0 unspecified atom stereocenters. The summed E-state index contributed by atoms with van der Waals surface area (Å²) in [7, 11) is 0. The molecule has 0 atom stereocenters. The van der Waals surface area contributed by atoms with Crippen LogP contribution in [-0.2, 0) is 6.42 Å². The van der Waals surface area contributed by atoms with Crippen LogP contribution in [0.25, 0.3) is 16.7 Å². The van der Waals surface area contributed by atoms with Gasteiger partial charge >= 0.3 is 0 Å². The summed E-state index contributed by atoms with van der Waals surface area (Å²) in [4.78, 5) is 4.76. The second kappa shape index (κ2) is 6.86. The lowest BCUT2D eigenvalue weighted by atomic mass is 10.0. The third kappa shape index (κ3) is 2.82. The molecule has 0 amide bonds. The standard InChI is InChI=1S/C24H22N4/c1-5-8-19-17(4)20(14-25)24-27-21-9-6-7-10-22(21)28(24)23(19)26-18-12-15(2)11-16(3)13-18/h5-7,9-13,26H,1,8H2,2-4H3. The lowest BCUT2D eigenvalue weighted by Gasteiger charge is -2.18. The number of rotatable bonds is 4. The summed E-state index contributed by atoms with van der Waals surface area (Å²) in [5.41, 5.74) is 8.56. The number of allylic oxidation sites excluding steroid dienone is 1. The average molecular weight is 366 g/mol. The molecular weight excluding hydrogens is 344 g/mol. The molecule has 0 radical (unpaired) electrons. The minimum Gasteiger partial charge on any atom is -0.341 e. The Morgan fingerprint density at radius 2 is 1.86 bits per heavy atom. The van der Waals surface area contributed by atoms with Gasteiger partial charge in [0.2, 0.25) is 0 Å². The van der Waals surface area contributed by atoms with Crippen molar-refractivity contribution in [3.8, 4) is 6.07 Å². The number of nitriles is 1. The first-order valence-electron chi connectivity index (χ1n) is 9.32. The van der Waals surface area contributed by atoms with Gasteiger partial charge in [-0.3, -0.25) is 4.40 Å². The Hall–Kier alpha value is -3.58. The lowest BCUT2D eigenvalue weighted by molar-refractivity contribution is 1.11. The molecule has 1 N–H and O–H groups in total. The van der Waals surface area contributed by atoms with Gasteiger partial charge in [-0.05, 0) is 68.1 Å².